The maximum atomic E-state index is 12.6. The number of para-hydroxylation sites is 1. The molecule has 34 heavy (non-hydrogen) atoms. The highest BCUT2D eigenvalue weighted by Gasteiger charge is 2.12. The van der Waals surface area contributed by atoms with Crippen molar-refractivity contribution in [1.82, 2.24) is 9.88 Å². The highest BCUT2D eigenvalue weighted by molar-refractivity contribution is 7.98. The van der Waals surface area contributed by atoms with Crippen molar-refractivity contribution in [1.29, 1.82) is 0 Å². The number of fused-ring (bicyclic) bond motifs is 1. The Kier molecular flexibility index (Phi) is 7.93. The molecule has 0 radical (unpaired) electrons. The van der Waals surface area contributed by atoms with Crippen molar-refractivity contribution < 1.29 is 14.3 Å². The standard InChI is InChI=1S/C26H24Cl2N2O3S/c1-32-23-10-8-18(14-24(23)33-2)26(31)29-11-12-30-15-25(19-5-3-4-6-22(19)30)34-16-17-7-9-20(27)21(28)13-17/h3-10,13-15H,11-12,16H2,1-2H3,(H,29,31). The molecular formula is C26H24Cl2N2O3S. The second-order valence-electron chi connectivity index (χ2n) is 7.57. The van der Waals surface area contributed by atoms with Crippen LogP contribution in [0.4, 0.5) is 0 Å². The van der Waals surface area contributed by atoms with Crippen molar-refractivity contribution in [3.8, 4) is 11.5 Å². The van der Waals surface area contributed by atoms with Gasteiger partial charge in [-0.2, -0.15) is 0 Å². The third kappa shape index (κ3) is 5.46. The number of ether oxygens (including phenoxy) is 2. The lowest BCUT2D eigenvalue weighted by atomic mass is 10.2. The number of thioether (sulfide) groups is 1. The fourth-order valence-electron chi connectivity index (χ4n) is 3.67. The Hall–Kier alpha value is -2.80. The number of benzene rings is 3. The van der Waals surface area contributed by atoms with Crippen LogP contribution >= 0.6 is 35.0 Å². The normalized spacial score (nSPS) is 10.9. The van der Waals surface area contributed by atoms with Crippen molar-refractivity contribution in [2.45, 2.75) is 17.2 Å². The highest BCUT2D eigenvalue weighted by atomic mass is 35.5. The van der Waals surface area contributed by atoms with E-state index in [1.807, 2.05) is 30.3 Å². The van der Waals surface area contributed by atoms with Crippen molar-refractivity contribution in [3.63, 3.8) is 0 Å². The zero-order valence-electron chi connectivity index (χ0n) is 18.8. The molecule has 0 aliphatic heterocycles. The van der Waals surface area contributed by atoms with Gasteiger partial charge >= 0.3 is 0 Å². The summed E-state index contributed by atoms with van der Waals surface area (Å²) in [5.74, 6) is 1.73. The van der Waals surface area contributed by atoms with Gasteiger partial charge in [0.2, 0.25) is 0 Å². The lowest BCUT2D eigenvalue weighted by Gasteiger charge is -2.10. The molecule has 1 N–H and O–H groups in total. The minimum Gasteiger partial charge on any atom is -0.493 e. The van der Waals surface area contributed by atoms with Gasteiger partial charge in [-0.25, -0.2) is 0 Å². The van der Waals surface area contributed by atoms with E-state index < -0.39 is 0 Å². The highest BCUT2D eigenvalue weighted by Crippen LogP contribution is 2.33. The average Bonchev–Trinajstić information content (AvgIpc) is 3.21. The van der Waals surface area contributed by atoms with E-state index in [0.717, 1.165) is 16.8 Å². The predicted molar refractivity (Wildman–Crippen MR) is 140 cm³/mol. The molecule has 4 rings (SSSR count). The SMILES string of the molecule is COc1ccc(C(=O)NCCn2cc(SCc3ccc(Cl)c(Cl)c3)c3ccccc32)cc1OC. The topological polar surface area (TPSA) is 52.5 Å². The molecule has 0 saturated heterocycles. The molecule has 1 heterocycles. The molecule has 1 aromatic heterocycles. The average molecular weight is 515 g/mol. The summed E-state index contributed by atoms with van der Waals surface area (Å²) in [6.45, 7) is 1.13. The van der Waals surface area contributed by atoms with Crippen LogP contribution in [-0.2, 0) is 12.3 Å². The number of carbonyl (C=O) groups is 1. The Labute approximate surface area is 213 Å². The molecule has 3 aromatic carbocycles. The van der Waals surface area contributed by atoms with E-state index in [-0.39, 0.29) is 5.91 Å². The van der Waals surface area contributed by atoms with Crippen LogP contribution in [-0.4, -0.2) is 31.2 Å². The number of methoxy groups -OCH3 is 2. The Morgan fingerprint density at radius 2 is 1.76 bits per heavy atom. The van der Waals surface area contributed by atoms with Crippen LogP contribution in [0.15, 0.2) is 71.8 Å². The van der Waals surface area contributed by atoms with Gasteiger partial charge in [0.05, 0.1) is 24.3 Å². The molecule has 4 aromatic rings. The Morgan fingerprint density at radius 3 is 2.53 bits per heavy atom. The van der Waals surface area contributed by atoms with Gasteiger partial charge in [0.25, 0.3) is 5.91 Å². The molecule has 0 unspecified atom stereocenters. The fraction of sp³-hybridized carbons (Fsp3) is 0.192. The van der Waals surface area contributed by atoms with Crippen LogP contribution in [0.2, 0.25) is 10.0 Å². The molecule has 0 fully saturated rings. The number of carbonyl (C=O) groups excluding carboxylic acids is 1. The minimum atomic E-state index is -0.161. The van der Waals surface area contributed by atoms with Crippen molar-refractivity contribution in [3.05, 3.63) is 88.0 Å². The van der Waals surface area contributed by atoms with Gasteiger partial charge in [0, 0.05) is 46.4 Å². The lowest BCUT2D eigenvalue weighted by molar-refractivity contribution is 0.0952. The van der Waals surface area contributed by atoms with Crippen molar-refractivity contribution in [2.75, 3.05) is 20.8 Å². The third-order valence-corrected chi connectivity index (χ3v) is 7.27. The van der Waals surface area contributed by atoms with Gasteiger partial charge in [-0.1, -0.05) is 47.5 Å². The van der Waals surface area contributed by atoms with Crippen LogP contribution in [0.5, 0.6) is 11.5 Å². The number of aromatic nitrogens is 1. The second-order valence-corrected chi connectivity index (χ2v) is 9.40. The van der Waals surface area contributed by atoms with E-state index in [2.05, 4.69) is 28.2 Å². The molecule has 0 saturated carbocycles. The zero-order valence-corrected chi connectivity index (χ0v) is 21.1. The first kappa shape index (κ1) is 24.3. The molecular weight excluding hydrogens is 491 g/mol. The number of rotatable bonds is 9. The van der Waals surface area contributed by atoms with Gasteiger partial charge in [0.15, 0.2) is 11.5 Å². The maximum absolute atomic E-state index is 12.6. The molecule has 0 aliphatic rings. The van der Waals surface area contributed by atoms with E-state index >= 15 is 0 Å². The molecule has 0 atom stereocenters. The van der Waals surface area contributed by atoms with E-state index in [1.54, 1.807) is 44.2 Å². The summed E-state index contributed by atoms with van der Waals surface area (Å²) in [6, 6.07) is 19.1. The van der Waals surface area contributed by atoms with Gasteiger partial charge < -0.3 is 19.4 Å². The summed E-state index contributed by atoms with van der Waals surface area (Å²) < 4.78 is 12.7. The van der Waals surface area contributed by atoms with E-state index in [9.17, 15) is 4.79 Å². The van der Waals surface area contributed by atoms with Crippen molar-refractivity contribution >= 4 is 51.8 Å². The van der Waals surface area contributed by atoms with Gasteiger partial charge in [-0.15, -0.1) is 11.8 Å². The maximum Gasteiger partial charge on any atom is 0.251 e. The summed E-state index contributed by atoms with van der Waals surface area (Å²) in [7, 11) is 3.12. The lowest BCUT2D eigenvalue weighted by Crippen LogP contribution is -2.27. The van der Waals surface area contributed by atoms with Gasteiger partial charge in [-0.3, -0.25) is 4.79 Å². The predicted octanol–water partition coefficient (Wildman–Crippen LogP) is 6.69. The van der Waals surface area contributed by atoms with Gasteiger partial charge in [-0.05, 0) is 42.0 Å². The molecule has 1 amide bonds. The summed E-state index contributed by atoms with van der Waals surface area (Å²) in [5.41, 5.74) is 2.76. The fourth-order valence-corrected chi connectivity index (χ4v) is 5.03. The smallest absolute Gasteiger partial charge is 0.251 e. The molecule has 5 nitrogen and oxygen atoms in total. The Morgan fingerprint density at radius 1 is 0.971 bits per heavy atom. The summed E-state index contributed by atoms with van der Waals surface area (Å²) in [5, 5.41) is 5.29. The molecule has 8 heteroatoms. The van der Waals surface area contributed by atoms with Crippen LogP contribution in [0, 0.1) is 0 Å². The number of amides is 1. The molecule has 176 valence electrons. The second kappa shape index (κ2) is 11.1. The van der Waals surface area contributed by atoms with Crippen molar-refractivity contribution in [2.24, 2.45) is 0 Å². The number of hydrogen-bond donors (Lipinski definition) is 1. The number of nitrogens with zero attached hydrogens (tertiary/aromatic N) is 1. The zero-order chi connectivity index (χ0) is 24.1. The Balaban J connectivity index is 1.43. The first-order valence-electron chi connectivity index (χ1n) is 10.6. The number of hydrogen-bond acceptors (Lipinski definition) is 4. The number of nitrogens with one attached hydrogen (secondary N) is 1. The molecule has 0 bridgehead atoms. The van der Waals surface area contributed by atoms with E-state index in [0.29, 0.717) is 40.2 Å². The molecule has 0 aliphatic carbocycles. The van der Waals surface area contributed by atoms with E-state index in [4.69, 9.17) is 32.7 Å². The minimum absolute atomic E-state index is 0.161. The summed E-state index contributed by atoms with van der Waals surface area (Å²) in [4.78, 5) is 13.8. The van der Waals surface area contributed by atoms with Crippen LogP contribution in [0.25, 0.3) is 10.9 Å². The molecule has 0 spiro atoms. The van der Waals surface area contributed by atoms with E-state index in [1.165, 1.54) is 10.3 Å². The summed E-state index contributed by atoms with van der Waals surface area (Å²) >= 11 is 13.9. The van der Waals surface area contributed by atoms with Crippen LogP contribution in [0.1, 0.15) is 15.9 Å². The van der Waals surface area contributed by atoms with Crippen LogP contribution in [0.3, 0.4) is 0 Å². The number of halogens is 2. The quantitative estimate of drug-likeness (QED) is 0.253. The largest absolute Gasteiger partial charge is 0.493 e. The Bertz CT molecular complexity index is 1320. The summed E-state index contributed by atoms with van der Waals surface area (Å²) in [6.07, 6.45) is 2.13. The first-order valence-corrected chi connectivity index (χ1v) is 12.4. The van der Waals surface area contributed by atoms with Crippen LogP contribution < -0.4 is 14.8 Å². The first-order chi connectivity index (χ1) is 16.5. The third-order valence-electron chi connectivity index (χ3n) is 5.41. The monoisotopic (exact) mass is 514 g/mol. The van der Waals surface area contributed by atoms with Gasteiger partial charge in [0.1, 0.15) is 0 Å².